The van der Waals surface area contributed by atoms with Crippen molar-refractivity contribution in [2.24, 2.45) is 0 Å². The monoisotopic (exact) mass is 250 g/mol. The molecule has 0 radical (unpaired) electrons. The quantitative estimate of drug-likeness (QED) is 0.802. The van der Waals surface area contributed by atoms with Crippen molar-refractivity contribution in [1.29, 1.82) is 0 Å². The molecule has 0 unspecified atom stereocenters. The molecule has 82 valence electrons. The summed E-state index contributed by atoms with van der Waals surface area (Å²) in [5.74, 6) is 0. The van der Waals surface area contributed by atoms with Crippen LogP contribution in [-0.4, -0.2) is 14.5 Å². The molecule has 2 rings (SSSR count). The van der Waals surface area contributed by atoms with Crippen LogP contribution in [0.4, 0.5) is 10.8 Å². The van der Waals surface area contributed by atoms with E-state index in [1.54, 1.807) is 0 Å². The van der Waals surface area contributed by atoms with Crippen molar-refractivity contribution < 1.29 is 0 Å². The summed E-state index contributed by atoms with van der Waals surface area (Å²) in [6, 6.07) is 7.95. The van der Waals surface area contributed by atoms with E-state index in [9.17, 15) is 0 Å². The van der Waals surface area contributed by atoms with Gasteiger partial charge in [-0.3, -0.25) is 0 Å². The molecule has 0 amide bonds. The Morgan fingerprint density at radius 2 is 2.12 bits per heavy atom. The first-order valence-corrected chi connectivity index (χ1v) is 5.84. The molecule has 4 nitrogen and oxygen atoms in total. The first-order valence-electron chi connectivity index (χ1n) is 4.66. The lowest BCUT2D eigenvalue weighted by molar-refractivity contribution is 1.33. The Balaban J connectivity index is 2.00. The molecular formula is C10H10N4S2. The second-order valence-electron chi connectivity index (χ2n) is 3.14. The lowest BCUT2D eigenvalue weighted by atomic mass is 10.2. The van der Waals surface area contributed by atoms with Crippen molar-refractivity contribution in [2.75, 3.05) is 10.6 Å². The largest absolute Gasteiger partial charge is 0.332 e. The second kappa shape index (κ2) is 5.00. The Morgan fingerprint density at radius 1 is 1.31 bits per heavy atom. The molecule has 2 aromatic rings. The van der Waals surface area contributed by atoms with E-state index in [1.165, 1.54) is 17.9 Å². The molecule has 0 aliphatic heterocycles. The Bertz CT molecular complexity index is 481. The summed E-state index contributed by atoms with van der Waals surface area (Å²) < 4.78 is 3.88. The smallest absolute Gasteiger partial charge is 0.208 e. The van der Waals surface area contributed by atoms with Crippen molar-refractivity contribution in [3.63, 3.8) is 0 Å². The van der Waals surface area contributed by atoms with Crippen molar-refractivity contribution >= 4 is 39.7 Å². The molecule has 0 aliphatic carbocycles. The average molecular weight is 250 g/mol. The highest BCUT2D eigenvalue weighted by Crippen LogP contribution is 2.14. The third-order valence-electron chi connectivity index (χ3n) is 1.98. The molecular weight excluding hydrogens is 240 g/mol. The Morgan fingerprint density at radius 3 is 2.81 bits per heavy atom. The molecule has 0 fully saturated rings. The van der Waals surface area contributed by atoms with Crippen LogP contribution < -0.4 is 10.6 Å². The van der Waals surface area contributed by atoms with Gasteiger partial charge < -0.3 is 10.6 Å². The number of nitrogens with one attached hydrogen (secondary N) is 2. The predicted molar refractivity (Wildman–Crippen MR) is 70.9 cm³/mol. The Kier molecular flexibility index (Phi) is 3.43. The maximum absolute atomic E-state index is 5.16. The Labute approximate surface area is 103 Å². The van der Waals surface area contributed by atoms with Gasteiger partial charge in [0.25, 0.3) is 0 Å². The van der Waals surface area contributed by atoms with Gasteiger partial charge in [0.15, 0.2) is 5.11 Å². The van der Waals surface area contributed by atoms with Crippen LogP contribution in [0.1, 0.15) is 5.56 Å². The van der Waals surface area contributed by atoms with E-state index in [-0.39, 0.29) is 0 Å². The zero-order valence-corrected chi connectivity index (χ0v) is 10.2. The van der Waals surface area contributed by atoms with Gasteiger partial charge in [-0.1, -0.05) is 18.2 Å². The first-order chi connectivity index (χ1) is 7.75. The molecule has 0 atom stereocenters. The number of nitrogens with zero attached hydrogens (tertiary/aromatic N) is 2. The predicted octanol–water partition coefficient (Wildman–Crippen LogP) is 2.66. The molecule has 16 heavy (non-hydrogen) atoms. The molecule has 1 aromatic carbocycles. The second-order valence-corrected chi connectivity index (χ2v) is 4.33. The van der Waals surface area contributed by atoms with E-state index in [0.29, 0.717) is 10.2 Å². The molecule has 0 bridgehead atoms. The number of aromatic nitrogens is 2. The van der Waals surface area contributed by atoms with Crippen LogP contribution >= 0.6 is 23.8 Å². The van der Waals surface area contributed by atoms with Crippen molar-refractivity contribution in [3.8, 4) is 0 Å². The van der Waals surface area contributed by atoms with Crippen molar-refractivity contribution in [3.05, 3.63) is 36.2 Å². The van der Waals surface area contributed by atoms with Crippen molar-refractivity contribution in [2.45, 2.75) is 6.92 Å². The van der Waals surface area contributed by atoms with E-state index < -0.39 is 0 Å². The van der Waals surface area contributed by atoms with Gasteiger partial charge in [-0.15, -0.1) is 0 Å². The summed E-state index contributed by atoms with van der Waals surface area (Å²) in [5.41, 5.74) is 2.13. The maximum Gasteiger partial charge on any atom is 0.208 e. The molecule has 0 saturated heterocycles. The average Bonchev–Trinajstić information content (AvgIpc) is 2.74. The molecule has 2 N–H and O–H groups in total. The van der Waals surface area contributed by atoms with Crippen LogP contribution in [0.25, 0.3) is 0 Å². The highest BCUT2D eigenvalue weighted by atomic mass is 32.1. The number of aryl methyl sites for hydroxylation is 1. The van der Waals surface area contributed by atoms with E-state index in [2.05, 4.69) is 20.0 Å². The summed E-state index contributed by atoms with van der Waals surface area (Å²) in [6.07, 6.45) is 1.49. The van der Waals surface area contributed by atoms with Gasteiger partial charge in [0.1, 0.15) is 6.33 Å². The van der Waals surface area contributed by atoms with Gasteiger partial charge in [-0.25, -0.2) is 4.98 Å². The minimum absolute atomic E-state index is 0.519. The summed E-state index contributed by atoms with van der Waals surface area (Å²) in [7, 11) is 0. The third kappa shape index (κ3) is 2.74. The summed E-state index contributed by atoms with van der Waals surface area (Å²) in [6.45, 7) is 2.02. The number of para-hydroxylation sites is 1. The molecule has 6 heteroatoms. The number of hydrogen-bond acceptors (Lipinski definition) is 4. The Hall–Kier alpha value is -1.53. The highest BCUT2D eigenvalue weighted by molar-refractivity contribution is 7.80. The van der Waals surface area contributed by atoms with Crippen LogP contribution in [0.15, 0.2) is 30.6 Å². The van der Waals surface area contributed by atoms with Gasteiger partial charge in [-0.2, -0.15) is 4.37 Å². The van der Waals surface area contributed by atoms with Gasteiger partial charge in [0, 0.05) is 17.2 Å². The minimum Gasteiger partial charge on any atom is -0.332 e. The lowest BCUT2D eigenvalue weighted by Crippen LogP contribution is -2.19. The SMILES string of the molecule is Cc1ccccc1NC(=S)Nc1ncns1. The van der Waals surface area contributed by atoms with Gasteiger partial charge >= 0.3 is 0 Å². The van der Waals surface area contributed by atoms with Crippen LogP contribution in [0.5, 0.6) is 0 Å². The summed E-state index contributed by atoms with van der Waals surface area (Å²) in [5, 5.41) is 7.28. The topological polar surface area (TPSA) is 49.8 Å². The molecule has 0 saturated carbocycles. The number of thiocarbonyl (C=S) groups is 1. The number of hydrogen-bond donors (Lipinski definition) is 2. The fraction of sp³-hybridized carbons (Fsp3) is 0.100. The van der Waals surface area contributed by atoms with E-state index >= 15 is 0 Å². The molecule has 1 aromatic heterocycles. The van der Waals surface area contributed by atoms with Gasteiger partial charge in [0.05, 0.1) is 0 Å². The number of rotatable bonds is 2. The number of benzene rings is 1. The zero-order valence-electron chi connectivity index (χ0n) is 8.60. The van der Waals surface area contributed by atoms with Crippen LogP contribution in [-0.2, 0) is 0 Å². The maximum atomic E-state index is 5.16. The molecule has 0 spiro atoms. The van der Waals surface area contributed by atoms with E-state index in [1.807, 2.05) is 31.2 Å². The molecule has 0 aliphatic rings. The summed E-state index contributed by atoms with van der Waals surface area (Å²) in [4.78, 5) is 3.99. The summed E-state index contributed by atoms with van der Waals surface area (Å²) >= 11 is 6.43. The first kappa shape index (κ1) is 11.0. The van der Waals surface area contributed by atoms with Gasteiger partial charge in [0.2, 0.25) is 5.13 Å². The van der Waals surface area contributed by atoms with E-state index in [4.69, 9.17) is 12.2 Å². The fourth-order valence-corrected chi connectivity index (χ4v) is 1.90. The van der Waals surface area contributed by atoms with Crippen LogP contribution in [0.3, 0.4) is 0 Å². The van der Waals surface area contributed by atoms with E-state index in [0.717, 1.165) is 11.3 Å². The minimum atomic E-state index is 0.519. The van der Waals surface area contributed by atoms with Crippen LogP contribution in [0, 0.1) is 6.92 Å². The van der Waals surface area contributed by atoms with Gasteiger partial charge in [-0.05, 0) is 30.8 Å². The van der Waals surface area contributed by atoms with Crippen molar-refractivity contribution in [1.82, 2.24) is 9.36 Å². The fourth-order valence-electron chi connectivity index (χ4n) is 1.19. The molecule has 1 heterocycles. The zero-order chi connectivity index (χ0) is 11.4. The van der Waals surface area contributed by atoms with Crippen LogP contribution in [0.2, 0.25) is 0 Å². The third-order valence-corrected chi connectivity index (χ3v) is 2.76. The lowest BCUT2D eigenvalue weighted by Gasteiger charge is -2.09. The standard InChI is InChI=1S/C10H10N4S2/c1-7-4-2-3-5-8(7)13-9(15)14-10-11-6-12-16-10/h2-6H,1H3,(H2,11,12,13,14,15). The normalized spacial score (nSPS) is 9.81. The number of anilines is 2. The highest BCUT2D eigenvalue weighted by Gasteiger charge is 2.02.